The van der Waals surface area contributed by atoms with Gasteiger partial charge in [0.1, 0.15) is 6.10 Å². The summed E-state index contributed by atoms with van der Waals surface area (Å²) in [5.41, 5.74) is 7.31. The second-order valence-electron chi connectivity index (χ2n) is 6.49. The van der Waals surface area contributed by atoms with Gasteiger partial charge in [-0.2, -0.15) is 0 Å². The maximum atomic E-state index is 12.2. The van der Waals surface area contributed by atoms with Gasteiger partial charge in [0.15, 0.2) is 0 Å². The molecule has 3 N–H and O–H groups in total. The van der Waals surface area contributed by atoms with Gasteiger partial charge >= 0.3 is 0 Å². The number of nitrogens with one attached hydrogen (secondary N) is 1. The van der Waals surface area contributed by atoms with Gasteiger partial charge in [-0.15, -0.1) is 12.4 Å². The highest BCUT2D eigenvalue weighted by Gasteiger charge is 2.29. The first-order valence-corrected chi connectivity index (χ1v) is 8.43. The maximum absolute atomic E-state index is 12.2. The van der Waals surface area contributed by atoms with Crippen molar-refractivity contribution >= 4 is 29.9 Å². The van der Waals surface area contributed by atoms with Crippen LogP contribution in [0.5, 0.6) is 0 Å². The summed E-state index contributed by atoms with van der Waals surface area (Å²) in [6, 6.07) is 7.69. The average molecular weight is 370 g/mol. The zero-order valence-corrected chi connectivity index (χ0v) is 15.8. The molecule has 1 aliphatic rings. The van der Waals surface area contributed by atoms with Gasteiger partial charge in [-0.1, -0.05) is 12.1 Å². The quantitative estimate of drug-likeness (QED) is 0.805. The topological polar surface area (TPSA) is 84.7 Å². The van der Waals surface area contributed by atoms with Gasteiger partial charge in [-0.05, 0) is 44.4 Å². The van der Waals surface area contributed by atoms with Crippen molar-refractivity contribution in [1.82, 2.24) is 4.90 Å². The van der Waals surface area contributed by atoms with Gasteiger partial charge in [0, 0.05) is 31.7 Å². The molecule has 2 amide bonds. The normalized spacial score (nSPS) is 19.4. The first-order chi connectivity index (χ1) is 11.4. The van der Waals surface area contributed by atoms with Crippen molar-refractivity contribution in [2.45, 2.75) is 58.4 Å². The third-order valence-electron chi connectivity index (χ3n) is 4.27. The number of nitrogens with zero attached hydrogens (tertiary/aromatic N) is 1. The van der Waals surface area contributed by atoms with Crippen molar-refractivity contribution in [2.75, 3.05) is 11.9 Å². The van der Waals surface area contributed by atoms with Crippen LogP contribution in [-0.2, 0) is 20.9 Å². The summed E-state index contributed by atoms with van der Waals surface area (Å²) >= 11 is 0. The molecule has 1 heterocycles. The van der Waals surface area contributed by atoms with E-state index < -0.39 is 6.10 Å². The highest BCUT2D eigenvalue weighted by Crippen LogP contribution is 2.21. The Kier molecular flexibility index (Phi) is 8.35. The van der Waals surface area contributed by atoms with Crippen LogP contribution in [0, 0.1) is 0 Å². The molecule has 0 unspecified atom stereocenters. The number of benzene rings is 1. The van der Waals surface area contributed by atoms with E-state index in [1.165, 1.54) is 0 Å². The molecule has 1 aliphatic heterocycles. The smallest absolute Gasteiger partial charge is 0.253 e. The minimum Gasteiger partial charge on any atom is -0.364 e. The average Bonchev–Trinajstić information content (AvgIpc) is 3.02. The highest BCUT2D eigenvalue weighted by molar-refractivity contribution is 5.94. The summed E-state index contributed by atoms with van der Waals surface area (Å²) in [7, 11) is 0. The molecule has 7 heteroatoms. The minimum absolute atomic E-state index is 0. The van der Waals surface area contributed by atoms with Crippen molar-refractivity contribution in [3.05, 3.63) is 29.8 Å². The number of nitrogens with two attached hydrogens (primary N) is 1. The van der Waals surface area contributed by atoms with Crippen LogP contribution in [0.25, 0.3) is 0 Å². The van der Waals surface area contributed by atoms with Crippen molar-refractivity contribution in [3.63, 3.8) is 0 Å². The number of carbonyl (C=O) groups is 2. The van der Waals surface area contributed by atoms with Gasteiger partial charge in [0.05, 0.1) is 6.10 Å². The second kappa shape index (κ2) is 9.75. The predicted molar refractivity (Wildman–Crippen MR) is 101 cm³/mol. The Hall–Kier alpha value is -1.63. The van der Waals surface area contributed by atoms with Gasteiger partial charge < -0.3 is 20.7 Å². The molecule has 2 rings (SSSR count). The number of halogens is 1. The van der Waals surface area contributed by atoms with Crippen LogP contribution in [0.2, 0.25) is 0 Å². The molecule has 140 valence electrons. The molecule has 0 aromatic heterocycles. The summed E-state index contributed by atoms with van der Waals surface area (Å²) in [5, 5.41) is 2.87. The number of carbonyl (C=O) groups excluding carboxylic acids is 2. The van der Waals surface area contributed by atoms with Gasteiger partial charge in [-0.25, -0.2) is 0 Å². The van der Waals surface area contributed by atoms with Crippen molar-refractivity contribution in [2.24, 2.45) is 5.73 Å². The standard InChI is InChI=1S/C18H27N3O3.ClH/c1-12(2)21(13(3)22)11-14-4-6-15(7-5-14)20-18(23)17-9-8-16(10-19)24-17;/h4-7,12,16-17H,8-11,19H2,1-3H3,(H,20,23);1H/t16-,17+;/m1./s1. The van der Waals surface area contributed by atoms with E-state index in [9.17, 15) is 9.59 Å². The maximum Gasteiger partial charge on any atom is 0.253 e. The summed E-state index contributed by atoms with van der Waals surface area (Å²) in [5.74, 6) is -0.0820. The third kappa shape index (κ3) is 5.99. The van der Waals surface area contributed by atoms with Crippen molar-refractivity contribution in [1.29, 1.82) is 0 Å². The number of ether oxygens (including phenoxy) is 1. The molecular formula is C18H28ClN3O3. The third-order valence-corrected chi connectivity index (χ3v) is 4.27. The van der Waals surface area contributed by atoms with Gasteiger partial charge in [0.2, 0.25) is 5.91 Å². The van der Waals surface area contributed by atoms with Gasteiger partial charge in [0.25, 0.3) is 5.91 Å². The van der Waals surface area contributed by atoms with Crippen LogP contribution < -0.4 is 11.1 Å². The Bertz CT molecular complexity index is 577. The summed E-state index contributed by atoms with van der Waals surface area (Å²) in [6.07, 6.45) is 1.08. The van der Waals surface area contributed by atoms with E-state index in [4.69, 9.17) is 10.5 Å². The first-order valence-electron chi connectivity index (χ1n) is 8.43. The lowest BCUT2D eigenvalue weighted by atomic mass is 10.1. The van der Waals surface area contributed by atoms with Crippen molar-refractivity contribution in [3.8, 4) is 0 Å². The Morgan fingerprint density at radius 3 is 2.40 bits per heavy atom. The summed E-state index contributed by atoms with van der Waals surface area (Å²) < 4.78 is 5.59. The monoisotopic (exact) mass is 369 g/mol. The number of amides is 2. The zero-order valence-electron chi connectivity index (χ0n) is 15.0. The van der Waals surface area contributed by atoms with E-state index in [2.05, 4.69) is 5.32 Å². The van der Waals surface area contributed by atoms with E-state index in [1.807, 2.05) is 38.1 Å². The van der Waals surface area contributed by atoms with Crippen LogP contribution in [0.3, 0.4) is 0 Å². The zero-order chi connectivity index (χ0) is 17.7. The fourth-order valence-electron chi connectivity index (χ4n) is 2.84. The van der Waals surface area contributed by atoms with Crippen LogP contribution in [0.4, 0.5) is 5.69 Å². The molecule has 1 aromatic rings. The van der Waals surface area contributed by atoms with Crippen molar-refractivity contribution < 1.29 is 14.3 Å². The summed E-state index contributed by atoms with van der Waals surface area (Å²) in [6.45, 7) is 6.56. The van der Waals surface area contributed by atoms with Crippen LogP contribution in [0.1, 0.15) is 39.2 Å². The highest BCUT2D eigenvalue weighted by atomic mass is 35.5. The fraction of sp³-hybridized carbons (Fsp3) is 0.556. The van der Waals surface area contributed by atoms with Gasteiger partial charge in [-0.3, -0.25) is 9.59 Å². The van der Waals surface area contributed by atoms with E-state index in [0.29, 0.717) is 19.5 Å². The molecule has 1 saturated heterocycles. The van der Waals surface area contributed by atoms with Crippen LogP contribution >= 0.6 is 12.4 Å². The fourth-order valence-corrected chi connectivity index (χ4v) is 2.84. The Morgan fingerprint density at radius 2 is 1.92 bits per heavy atom. The molecule has 25 heavy (non-hydrogen) atoms. The Morgan fingerprint density at radius 1 is 1.28 bits per heavy atom. The summed E-state index contributed by atoms with van der Waals surface area (Å²) in [4.78, 5) is 25.6. The molecule has 0 radical (unpaired) electrons. The minimum atomic E-state index is -0.424. The number of hydrogen-bond acceptors (Lipinski definition) is 4. The molecule has 6 nitrogen and oxygen atoms in total. The largest absolute Gasteiger partial charge is 0.364 e. The van der Waals surface area contributed by atoms with Crippen LogP contribution in [-0.4, -0.2) is 41.5 Å². The molecule has 0 aliphatic carbocycles. The Labute approximate surface area is 155 Å². The molecule has 1 aromatic carbocycles. The lowest BCUT2D eigenvalue weighted by Crippen LogP contribution is -2.34. The predicted octanol–water partition coefficient (Wildman–Crippen LogP) is 2.31. The molecule has 0 spiro atoms. The number of anilines is 1. The Balaban J connectivity index is 0.00000312. The number of rotatable bonds is 6. The van der Waals surface area contributed by atoms with E-state index in [0.717, 1.165) is 17.7 Å². The molecule has 1 fully saturated rings. The lowest BCUT2D eigenvalue weighted by Gasteiger charge is -2.25. The first kappa shape index (κ1) is 21.4. The van der Waals surface area contributed by atoms with Crippen LogP contribution in [0.15, 0.2) is 24.3 Å². The second-order valence-corrected chi connectivity index (χ2v) is 6.49. The molecular weight excluding hydrogens is 342 g/mol. The number of hydrogen-bond donors (Lipinski definition) is 2. The molecule has 2 atom stereocenters. The molecule has 0 saturated carbocycles. The SMILES string of the molecule is CC(=O)N(Cc1ccc(NC(=O)[C@@H]2CC[C@H](CN)O2)cc1)C(C)C.Cl. The van der Waals surface area contributed by atoms with E-state index >= 15 is 0 Å². The van der Waals surface area contributed by atoms with E-state index in [1.54, 1.807) is 11.8 Å². The molecule has 0 bridgehead atoms. The van der Waals surface area contributed by atoms with E-state index in [-0.39, 0.29) is 36.4 Å². The lowest BCUT2D eigenvalue weighted by molar-refractivity contribution is -0.131.